The summed E-state index contributed by atoms with van der Waals surface area (Å²) < 4.78 is 0. The molecule has 0 aliphatic heterocycles. The molecule has 0 N–H and O–H groups in total. The monoisotopic (exact) mass is 311 g/mol. The van der Waals surface area contributed by atoms with Crippen LogP contribution >= 0.6 is 11.6 Å². The van der Waals surface area contributed by atoms with Crippen molar-refractivity contribution in [3.05, 3.63) is 0 Å². The summed E-state index contributed by atoms with van der Waals surface area (Å²) in [6.07, 6.45) is 8.46. The van der Waals surface area contributed by atoms with Crippen LogP contribution in [0.3, 0.4) is 0 Å². The molecule has 4 saturated carbocycles. The molecule has 0 spiro atoms. The molecule has 0 radical (unpaired) electrons. The zero-order chi connectivity index (χ0) is 15.3. The minimum absolute atomic E-state index is 0.0323. The first-order chi connectivity index (χ1) is 9.87. The Hall–Kier alpha value is -0.240. The Morgan fingerprint density at radius 3 is 2.33 bits per heavy atom. The standard InChI is InChI=1S/C18H30ClNO/c1-13(2)20(6-4-5-19)16(21)18-10-14-7-15(11-18)9-17(3,8-14)12-18/h13-15H,4-12H2,1-3H3. The highest BCUT2D eigenvalue weighted by Crippen LogP contribution is 2.65. The number of amides is 1. The van der Waals surface area contributed by atoms with Gasteiger partial charge < -0.3 is 4.90 Å². The normalized spacial score (nSPS) is 40.8. The van der Waals surface area contributed by atoms with Crippen LogP contribution in [-0.4, -0.2) is 29.3 Å². The molecule has 2 atom stereocenters. The van der Waals surface area contributed by atoms with Crippen LogP contribution in [0.15, 0.2) is 0 Å². The van der Waals surface area contributed by atoms with Gasteiger partial charge in [-0.25, -0.2) is 0 Å². The van der Waals surface area contributed by atoms with Crippen molar-refractivity contribution in [3.8, 4) is 0 Å². The van der Waals surface area contributed by atoms with E-state index in [2.05, 4.69) is 25.7 Å². The molecule has 3 heteroatoms. The van der Waals surface area contributed by atoms with Crippen LogP contribution in [0.4, 0.5) is 0 Å². The van der Waals surface area contributed by atoms with Gasteiger partial charge in [0.25, 0.3) is 0 Å². The van der Waals surface area contributed by atoms with E-state index in [1.165, 1.54) is 19.3 Å². The molecule has 0 aromatic heterocycles. The van der Waals surface area contributed by atoms with Crippen molar-refractivity contribution < 1.29 is 4.79 Å². The van der Waals surface area contributed by atoms with Crippen LogP contribution in [0.2, 0.25) is 0 Å². The van der Waals surface area contributed by atoms with Crippen molar-refractivity contribution in [2.75, 3.05) is 12.4 Å². The molecule has 4 aliphatic rings. The molecule has 2 nitrogen and oxygen atoms in total. The third-order valence-electron chi connectivity index (χ3n) is 6.22. The number of rotatable bonds is 5. The first-order valence-corrected chi connectivity index (χ1v) is 9.28. The number of nitrogens with zero attached hydrogens (tertiary/aromatic N) is 1. The summed E-state index contributed by atoms with van der Waals surface area (Å²) in [6, 6.07) is 0.293. The summed E-state index contributed by atoms with van der Waals surface area (Å²) in [7, 11) is 0. The molecule has 0 aromatic carbocycles. The topological polar surface area (TPSA) is 20.3 Å². The van der Waals surface area contributed by atoms with Crippen molar-refractivity contribution in [1.29, 1.82) is 0 Å². The van der Waals surface area contributed by atoms with E-state index >= 15 is 0 Å². The second kappa shape index (κ2) is 5.44. The second-order valence-electron chi connectivity index (χ2n) is 8.69. The van der Waals surface area contributed by atoms with Gasteiger partial charge in [-0.3, -0.25) is 4.79 Å². The van der Waals surface area contributed by atoms with Crippen LogP contribution in [-0.2, 0) is 4.79 Å². The molecule has 0 aromatic rings. The third kappa shape index (κ3) is 2.73. The quantitative estimate of drug-likeness (QED) is 0.686. The highest BCUT2D eigenvalue weighted by Gasteiger charge is 2.59. The van der Waals surface area contributed by atoms with Crippen LogP contribution in [0.1, 0.15) is 65.7 Å². The Labute approximate surface area is 134 Å². The van der Waals surface area contributed by atoms with Crippen molar-refractivity contribution in [3.63, 3.8) is 0 Å². The van der Waals surface area contributed by atoms with Crippen LogP contribution in [0, 0.1) is 22.7 Å². The molecule has 4 bridgehead atoms. The van der Waals surface area contributed by atoms with Gasteiger partial charge in [0.05, 0.1) is 5.41 Å². The lowest BCUT2D eigenvalue weighted by molar-refractivity contribution is -0.167. The summed E-state index contributed by atoms with van der Waals surface area (Å²) in [5.41, 5.74) is 0.407. The fourth-order valence-corrected chi connectivity index (χ4v) is 6.22. The highest BCUT2D eigenvalue weighted by molar-refractivity contribution is 6.17. The average Bonchev–Trinajstić information content (AvgIpc) is 2.35. The van der Waals surface area contributed by atoms with E-state index in [1.807, 2.05) is 0 Å². The minimum Gasteiger partial charge on any atom is -0.340 e. The molecule has 2 unspecified atom stereocenters. The summed E-state index contributed by atoms with van der Waals surface area (Å²) in [6.45, 7) is 7.56. The van der Waals surface area contributed by atoms with Crippen molar-refractivity contribution >= 4 is 17.5 Å². The largest absolute Gasteiger partial charge is 0.340 e. The lowest BCUT2D eigenvalue weighted by atomic mass is 9.44. The number of hydrogen-bond donors (Lipinski definition) is 0. The molecule has 0 heterocycles. The first-order valence-electron chi connectivity index (χ1n) is 8.74. The number of carbonyl (C=O) groups excluding carboxylic acids is 1. The van der Waals surface area contributed by atoms with Crippen molar-refractivity contribution in [2.45, 2.75) is 71.8 Å². The summed E-state index contributed by atoms with van der Waals surface area (Å²) >= 11 is 5.86. The fraction of sp³-hybridized carbons (Fsp3) is 0.944. The predicted octanol–water partition coefficient (Wildman–Crippen LogP) is 4.46. The lowest BCUT2D eigenvalue weighted by Crippen LogP contribution is -2.58. The van der Waals surface area contributed by atoms with Gasteiger partial charge in [0, 0.05) is 18.5 Å². The fourth-order valence-electron chi connectivity index (χ4n) is 6.10. The van der Waals surface area contributed by atoms with Crippen molar-refractivity contribution in [2.24, 2.45) is 22.7 Å². The van der Waals surface area contributed by atoms with Gasteiger partial charge in [0.2, 0.25) is 5.91 Å². The van der Waals surface area contributed by atoms with Gasteiger partial charge >= 0.3 is 0 Å². The Morgan fingerprint density at radius 2 is 1.86 bits per heavy atom. The van der Waals surface area contributed by atoms with Gasteiger partial charge in [-0.1, -0.05) is 6.92 Å². The van der Waals surface area contributed by atoms with E-state index in [4.69, 9.17) is 11.6 Å². The zero-order valence-electron chi connectivity index (χ0n) is 13.8. The second-order valence-corrected chi connectivity index (χ2v) is 9.06. The van der Waals surface area contributed by atoms with E-state index in [0.717, 1.165) is 44.1 Å². The third-order valence-corrected chi connectivity index (χ3v) is 6.49. The molecule has 1 amide bonds. The van der Waals surface area contributed by atoms with E-state index < -0.39 is 0 Å². The minimum atomic E-state index is -0.0323. The average molecular weight is 312 g/mol. The van der Waals surface area contributed by atoms with E-state index in [-0.39, 0.29) is 5.41 Å². The lowest BCUT2D eigenvalue weighted by Gasteiger charge is -2.61. The van der Waals surface area contributed by atoms with Crippen LogP contribution < -0.4 is 0 Å². The SMILES string of the molecule is CC(C)N(CCCCl)C(=O)C12CC3CC(CC(C)(C3)C1)C2. The number of carbonyl (C=O) groups is 1. The Kier molecular flexibility index (Phi) is 4.05. The smallest absolute Gasteiger partial charge is 0.229 e. The Bertz CT molecular complexity index is 405. The molecule has 4 aliphatic carbocycles. The molecule has 4 rings (SSSR count). The highest BCUT2D eigenvalue weighted by atomic mass is 35.5. The summed E-state index contributed by atoms with van der Waals surface area (Å²) in [5.74, 6) is 2.71. The van der Waals surface area contributed by atoms with E-state index in [1.54, 1.807) is 0 Å². The predicted molar refractivity (Wildman–Crippen MR) is 87.4 cm³/mol. The molecular formula is C18H30ClNO. The van der Waals surface area contributed by atoms with Gasteiger partial charge in [-0.05, 0) is 76.0 Å². The maximum atomic E-state index is 13.4. The Morgan fingerprint density at radius 1 is 1.24 bits per heavy atom. The van der Waals surface area contributed by atoms with Gasteiger partial charge in [-0.15, -0.1) is 11.6 Å². The van der Waals surface area contributed by atoms with Gasteiger partial charge in [0.1, 0.15) is 0 Å². The maximum Gasteiger partial charge on any atom is 0.229 e. The van der Waals surface area contributed by atoms with Crippen LogP contribution in [0.25, 0.3) is 0 Å². The maximum absolute atomic E-state index is 13.4. The van der Waals surface area contributed by atoms with Crippen LogP contribution in [0.5, 0.6) is 0 Å². The van der Waals surface area contributed by atoms with Crippen molar-refractivity contribution in [1.82, 2.24) is 4.90 Å². The molecule has 0 saturated heterocycles. The summed E-state index contributed by atoms with van der Waals surface area (Å²) in [4.78, 5) is 15.5. The zero-order valence-corrected chi connectivity index (χ0v) is 14.6. The molecular weight excluding hydrogens is 282 g/mol. The first kappa shape index (κ1) is 15.6. The van der Waals surface area contributed by atoms with Gasteiger partial charge in [0.15, 0.2) is 0 Å². The molecule has 21 heavy (non-hydrogen) atoms. The molecule has 120 valence electrons. The van der Waals surface area contributed by atoms with Gasteiger partial charge in [-0.2, -0.15) is 0 Å². The van der Waals surface area contributed by atoms with E-state index in [9.17, 15) is 4.79 Å². The summed E-state index contributed by atoms with van der Waals surface area (Å²) in [5, 5.41) is 0. The van der Waals surface area contributed by atoms with E-state index in [0.29, 0.717) is 23.2 Å². The number of halogens is 1. The number of hydrogen-bond acceptors (Lipinski definition) is 1. The number of alkyl halides is 1. The Balaban J connectivity index is 1.82. The molecule has 4 fully saturated rings.